The van der Waals surface area contributed by atoms with Gasteiger partial charge in [0.15, 0.2) is 0 Å². The number of benzene rings is 2. The molecule has 0 bridgehead atoms. The van der Waals surface area contributed by atoms with E-state index in [0.717, 1.165) is 0 Å². The molecule has 0 spiro atoms. The lowest BCUT2D eigenvalue weighted by Crippen LogP contribution is -2.62. The largest absolute Gasteiger partial charge is 0.368 e. The van der Waals surface area contributed by atoms with E-state index in [4.69, 9.17) is 45.9 Å². The Labute approximate surface area is 579 Å². The average Bonchev–Trinajstić information content (AvgIpc) is 0.870. The first kappa shape index (κ1) is 86.4. The van der Waals surface area contributed by atoms with Gasteiger partial charge in [0.05, 0.1) is 6.04 Å². The summed E-state index contributed by atoms with van der Waals surface area (Å²) >= 11 is 0. The van der Waals surface area contributed by atoms with Gasteiger partial charge in [0.25, 0.3) is 0 Å². The zero-order chi connectivity index (χ0) is 73.1. The summed E-state index contributed by atoms with van der Waals surface area (Å²) in [5.74, 6) is -9.51. The molecule has 2 aromatic rings. The molecule has 11 atom stereocenters. The van der Waals surface area contributed by atoms with E-state index in [2.05, 4.69) is 53.2 Å². The minimum atomic E-state index is -1.34. The highest BCUT2D eigenvalue weighted by Gasteiger charge is 2.38. The summed E-state index contributed by atoms with van der Waals surface area (Å²) in [4.78, 5) is 156. The van der Waals surface area contributed by atoms with Crippen LogP contribution in [0.5, 0.6) is 0 Å². The summed E-state index contributed by atoms with van der Waals surface area (Å²) in [5, 5.41) is 27.9. The number of unbranched alkanes of at least 4 members (excludes halogenated alkanes) is 6. The van der Waals surface area contributed by atoms with Gasteiger partial charge in [-0.2, -0.15) is 0 Å². The number of hydrogen-bond acceptors (Lipinski definition) is 18. The maximum atomic E-state index is 14.8. The Morgan fingerprint density at radius 2 is 0.510 bits per heavy atom. The lowest BCUT2D eigenvalue weighted by Gasteiger charge is -2.30. The molecule has 0 heterocycles. The van der Waals surface area contributed by atoms with Gasteiger partial charge in [-0.05, 0) is 177 Å². The second kappa shape index (κ2) is 48.9. The Morgan fingerprint density at radius 1 is 0.286 bits per heavy atom. The van der Waals surface area contributed by atoms with E-state index in [1.165, 1.54) is 0 Å². The lowest BCUT2D eigenvalue weighted by molar-refractivity contribution is -0.137. The zero-order valence-electron chi connectivity index (χ0n) is 58.9. The first-order valence-corrected chi connectivity index (χ1v) is 35.1. The van der Waals surface area contributed by atoms with Gasteiger partial charge in [-0.15, -0.1) is 0 Å². The molecule has 2 rings (SSSR count). The summed E-state index contributed by atoms with van der Waals surface area (Å²) in [7, 11) is 0. The van der Waals surface area contributed by atoms with Gasteiger partial charge >= 0.3 is 0 Å². The van der Waals surface area contributed by atoms with Crippen molar-refractivity contribution in [2.24, 2.45) is 63.6 Å². The molecule has 29 nitrogen and oxygen atoms in total. The van der Waals surface area contributed by atoms with E-state index in [1.807, 2.05) is 0 Å². The monoisotopic (exact) mass is 1380 g/mol. The fourth-order valence-electron chi connectivity index (χ4n) is 10.8. The van der Waals surface area contributed by atoms with Crippen LogP contribution >= 0.6 is 0 Å². The fourth-order valence-corrected chi connectivity index (χ4v) is 10.8. The Hall–Kier alpha value is -7.67. The number of carbonyl (C=O) groups excluding carboxylic acids is 11. The van der Waals surface area contributed by atoms with Crippen LogP contribution in [0.1, 0.15) is 168 Å². The molecule has 0 unspecified atom stereocenters. The van der Waals surface area contributed by atoms with E-state index in [-0.39, 0.29) is 58.0 Å². The maximum Gasteiger partial charge on any atom is 0.243 e. The van der Waals surface area contributed by atoms with E-state index in [1.54, 1.807) is 102 Å². The molecule has 98 heavy (non-hydrogen) atoms. The van der Waals surface area contributed by atoms with Crippen LogP contribution in [0.4, 0.5) is 0 Å². The van der Waals surface area contributed by atoms with Crippen LogP contribution in [0.3, 0.4) is 0 Å². The molecule has 0 aliphatic rings. The molecule has 26 N–H and O–H groups in total. The highest BCUT2D eigenvalue weighted by atomic mass is 16.2. The minimum Gasteiger partial charge on any atom is -0.368 e. The number of primary amides is 1. The molecule has 29 heteroatoms. The SMILES string of the molecule is CC(C)[C@H](NC(=O)[C@H](CCCCN)NC(=O)[C@H](Cc1ccccc1)NC(=O)[C@@H](NC(=O)[C@@H](NC(=O)[C@H](CCCCN)NC(=O)[C@@H](N)CCCCN)C(C)C)C(C)C)C(=O)N[C@@H](CCCCN)C(=O)N[C@@H](Cc1ccccc1)C(=O)N[C@@H](CCCCN)C(=O)N[C@@H](CCCCN)C(N)=O. The molecule has 11 amide bonds. The van der Waals surface area contributed by atoms with E-state index in [9.17, 15) is 52.7 Å². The predicted octanol–water partition coefficient (Wildman–Crippen LogP) is -1.13. The van der Waals surface area contributed by atoms with Crippen LogP contribution < -0.4 is 99.0 Å². The third-order valence-electron chi connectivity index (χ3n) is 16.8. The van der Waals surface area contributed by atoms with Crippen molar-refractivity contribution in [2.75, 3.05) is 39.3 Å². The number of rotatable bonds is 52. The van der Waals surface area contributed by atoms with Crippen molar-refractivity contribution < 1.29 is 52.7 Å². The predicted molar refractivity (Wildman–Crippen MR) is 379 cm³/mol. The van der Waals surface area contributed by atoms with E-state index in [0.29, 0.717) is 121 Å². The first-order chi connectivity index (χ1) is 46.8. The van der Waals surface area contributed by atoms with Crippen molar-refractivity contribution in [3.8, 4) is 0 Å². The standard InChI is InChI=1S/C69H120N18O11/c1-43(2)56(67(96)82-51(32-16-22-38-73)62(91)83-54(41-46-25-9-7-10-26-46)65(94)80-50(31-15-21-37-72)61(90)78-49(59(77)88)30-14-20-36-71)85-64(93)53(34-18-24-40-75)81-66(95)55(42-47-27-11-8-12-28-47)84-68(97)57(44(3)4)87-69(98)58(45(5)6)86-63(92)52(33-17-23-39-74)79-60(89)48(76)29-13-19-35-70/h7-12,25-28,43-45,48-58H,13-24,29-42,70-76H2,1-6H3,(H2,77,88)(H,78,90)(H,79,89)(H,80,94)(H,81,95)(H,82,96)(H,83,91)(H,84,97)(H,85,93)(H,86,92)(H,87,98)/t48-,49-,50-,51-,52-,53-,54-,55-,56-,57-,58-/m0/s1. The number of nitrogens with two attached hydrogens (primary N) is 8. The van der Waals surface area contributed by atoms with Crippen LogP contribution in [0.25, 0.3) is 0 Å². The molecular formula is C69H120N18O11. The fraction of sp³-hybridized carbons (Fsp3) is 0.667. The van der Waals surface area contributed by atoms with Crippen LogP contribution in [0.15, 0.2) is 60.7 Å². The molecule has 0 aromatic heterocycles. The van der Waals surface area contributed by atoms with E-state index < -0.39 is 149 Å². The molecule has 552 valence electrons. The smallest absolute Gasteiger partial charge is 0.243 e. The summed E-state index contributed by atoms with van der Waals surface area (Å²) in [6, 6.07) is 4.48. The van der Waals surface area contributed by atoms with Crippen molar-refractivity contribution in [3.63, 3.8) is 0 Å². The summed E-state index contributed by atoms with van der Waals surface area (Å²) in [6.07, 6.45) is 6.95. The van der Waals surface area contributed by atoms with Gasteiger partial charge in [0.1, 0.15) is 60.4 Å². The molecule has 0 saturated heterocycles. The number of hydrogen-bond donors (Lipinski definition) is 18. The number of carbonyl (C=O) groups is 11. The van der Waals surface area contributed by atoms with Crippen LogP contribution in [-0.2, 0) is 65.6 Å². The highest BCUT2D eigenvalue weighted by molar-refractivity contribution is 5.99. The second-order valence-corrected chi connectivity index (χ2v) is 26.2. The molecule has 2 aromatic carbocycles. The molecule has 0 saturated carbocycles. The van der Waals surface area contributed by atoms with Gasteiger partial charge in [-0.1, -0.05) is 109 Å². The summed E-state index contributed by atoms with van der Waals surface area (Å²) in [6.45, 7) is 12.2. The molecule has 0 fully saturated rings. The third kappa shape index (κ3) is 33.3. The quantitative estimate of drug-likeness (QED) is 0.0349. The Morgan fingerprint density at radius 3 is 0.816 bits per heavy atom. The third-order valence-corrected chi connectivity index (χ3v) is 16.8. The topological polar surface area (TPSA) is 516 Å². The first-order valence-electron chi connectivity index (χ1n) is 35.1. The Bertz CT molecular complexity index is 2730. The average molecular weight is 1380 g/mol. The molecule has 0 radical (unpaired) electrons. The Balaban J connectivity index is 2.53. The summed E-state index contributed by atoms with van der Waals surface area (Å²) in [5.41, 5.74) is 47.7. The van der Waals surface area contributed by atoms with Crippen molar-refractivity contribution in [1.29, 1.82) is 0 Å². The van der Waals surface area contributed by atoms with Crippen molar-refractivity contribution in [3.05, 3.63) is 71.8 Å². The Kier molecular flexibility index (Phi) is 43.2. The molecular weight excluding hydrogens is 1260 g/mol. The zero-order valence-corrected chi connectivity index (χ0v) is 58.9. The molecule has 0 aliphatic heterocycles. The van der Waals surface area contributed by atoms with Crippen LogP contribution in [0, 0.1) is 17.8 Å². The van der Waals surface area contributed by atoms with Gasteiger partial charge in [0, 0.05) is 12.8 Å². The van der Waals surface area contributed by atoms with Gasteiger partial charge in [-0.25, -0.2) is 0 Å². The van der Waals surface area contributed by atoms with Gasteiger partial charge in [0.2, 0.25) is 65.0 Å². The van der Waals surface area contributed by atoms with Crippen molar-refractivity contribution in [1.82, 2.24) is 53.2 Å². The van der Waals surface area contributed by atoms with Crippen molar-refractivity contribution in [2.45, 2.75) is 236 Å². The number of amides is 11. The highest BCUT2D eigenvalue weighted by Crippen LogP contribution is 2.16. The molecule has 0 aliphatic carbocycles. The normalized spacial score (nSPS) is 14.7. The minimum absolute atomic E-state index is 0.0383. The van der Waals surface area contributed by atoms with Gasteiger partial charge < -0.3 is 99.0 Å². The number of nitrogens with one attached hydrogen (secondary N) is 10. The van der Waals surface area contributed by atoms with Crippen molar-refractivity contribution >= 4 is 65.0 Å². The maximum absolute atomic E-state index is 14.8. The second-order valence-electron chi connectivity index (χ2n) is 26.2. The van der Waals surface area contributed by atoms with Crippen LogP contribution in [-0.4, -0.2) is 171 Å². The van der Waals surface area contributed by atoms with Crippen LogP contribution in [0.2, 0.25) is 0 Å². The lowest BCUT2D eigenvalue weighted by atomic mass is 9.98. The van der Waals surface area contributed by atoms with Gasteiger partial charge in [-0.3, -0.25) is 52.7 Å². The summed E-state index contributed by atoms with van der Waals surface area (Å²) < 4.78 is 0. The van der Waals surface area contributed by atoms with E-state index >= 15 is 0 Å².